The number of rotatable bonds is 2. The van der Waals surface area contributed by atoms with Crippen molar-refractivity contribution in [2.24, 2.45) is 4.99 Å². The van der Waals surface area contributed by atoms with Crippen LogP contribution in [0.4, 0.5) is 0 Å². The largest absolute Gasteiger partial charge is 0.358 e. The molecule has 0 fully saturated rings. The van der Waals surface area contributed by atoms with Gasteiger partial charge in [0.05, 0.1) is 12.6 Å². The summed E-state index contributed by atoms with van der Waals surface area (Å²) in [7, 11) is 2.03. The maximum Gasteiger partial charge on any atom is 0.208 e. The smallest absolute Gasteiger partial charge is 0.208 e. The highest BCUT2D eigenvalue weighted by Crippen LogP contribution is 2.36. The van der Waals surface area contributed by atoms with Gasteiger partial charge in [0.1, 0.15) is 0 Å². The van der Waals surface area contributed by atoms with E-state index in [-0.39, 0.29) is 0 Å². The van der Waals surface area contributed by atoms with Crippen LogP contribution in [0.15, 0.2) is 29.3 Å². The van der Waals surface area contributed by atoms with Gasteiger partial charge in [-0.25, -0.2) is 5.43 Å². The molecule has 2 heterocycles. The minimum atomic E-state index is 0.358. The van der Waals surface area contributed by atoms with E-state index in [1.54, 1.807) is 0 Å². The summed E-state index contributed by atoms with van der Waals surface area (Å²) in [6, 6.07) is 8.90. The molecule has 0 radical (unpaired) electrons. The van der Waals surface area contributed by atoms with E-state index in [0.717, 1.165) is 31.9 Å². The molecule has 0 amide bonds. The molecule has 0 spiro atoms. The molecule has 1 atom stereocenters. The summed E-state index contributed by atoms with van der Waals surface area (Å²) < 4.78 is 0. The lowest BCUT2D eigenvalue weighted by atomic mass is 10.1. The summed E-state index contributed by atoms with van der Waals surface area (Å²) in [4.78, 5) is 7.99. The first-order chi connectivity index (χ1) is 9.83. The van der Waals surface area contributed by atoms with Crippen LogP contribution in [0.3, 0.4) is 0 Å². The Hall–Kier alpha value is -2.01. The Labute approximate surface area is 118 Å². The fourth-order valence-corrected chi connectivity index (χ4v) is 3.28. The van der Waals surface area contributed by atoms with Crippen molar-refractivity contribution < 1.29 is 0 Å². The monoisotopic (exact) mass is 269 g/mol. The second kappa shape index (κ2) is 4.52. The molecule has 0 saturated heterocycles. The van der Waals surface area contributed by atoms with E-state index >= 15 is 0 Å². The van der Waals surface area contributed by atoms with Gasteiger partial charge in [0.2, 0.25) is 5.96 Å². The van der Waals surface area contributed by atoms with E-state index in [0.29, 0.717) is 6.04 Å². The molecule has 1 unspecified atom stereocenters. The number of guanidine groups is 1. The van der Waals surface area contributed by atoms with Crippen LogP contribution in [0.25, 0.3) is 10.9 Å². The van der Waals surface area contributed by atoms with Gasteiger partial charge in [-0.1, -0.05) is 18.2 Å². The number of nitrogens with one attached hydrogen (secondary N) is 3. The van der Waals surface area contributed by atoms with Gasteiger partial charge < -0.3 is 10.3 Å². The molecule has 1 aliphatic carbocycles. The molecular weight excluding hydrogens is 250 g/mol. The molecule has 104 valence electrons. The topological polar surface area (TPSA) is 55.5 Å². The van der Waals surface area contributed by atoms with Crippen LogP contribution in [0.5, 0.6) is 0 Å². The Morgan fingerprint density at radius 2 is 2.25 bits per heavy atom. The first-order valence-corrected chi connectivity index (χ1v) is 7.20. The van der Waals surface area contributed by atoms with E-state index in [1.807, 2.05) is 12.1 Å². The average molecular weight is 269 g/mol. The zero-order valence-electron chi connectivity index (χ0n) is 11.6. The number of nitrogens with zero attached hydrogens (tertiary/aromatic N) is 2. The molecule has 2 aromatic rings. The molecule has 1 aromatic heterocycles. The van der Waals surface area contributed by atoms with Crippen molar-refractivity contribution in [3.05, 3.63) is 35.5 Å². The van der Waals surface area contributed by atoms with Gasteiger partial charge in [-0.2, -0.15) is 0 Å². The van der Waals surface area contributed by atoms with E-state index in [1.165, 1.54) is 22.2 Å². The number of aliphatic imine (C=N–C) groups is 1. The highest BCUT2D eigenvalue weighted by molar-refractivity contribution is 5.86. The summed E-state index contributed by atoms with van der Waals surface area (Å²) >= 11 is 0. The zero-order valence-corrected chi connectivity index (χ0v) is 11.6. The van der Waals surface area contributed by atoms with Crippen LogP contribution in [0.2, 0.25) is 0 Å². The zero-order chi connectivity index (χ0) is 13.5. The average Bonchev–Trinajstić information content (AvgIpc) is 3.15. The highest BCUT2D eigenvalue weighted by atomic mass is 15.6. The number of aryl methyl sites for hydroxylation is 1. The Kier molecular flexibility index (Phi) is 2.67. The van der Waals surface area contributed by atoms with E-state index < -0.39 is 0 Å². The number of aromatic nitrogens is 1. The summed E-state index contributed by atoms with van der Waals surface area (Å²) in [6.07, 6.45) is 2.24. The van der Waals surface area contributed by atoms with Crippen LogP contribution in [-0.2, 0) is 6.42 Å². The Bertz CT molecular complexity index is 672. The quantitative estimate of drug-likeness (QED) is 0.725. The number of fused-ring (bicyclic) bond motifs is 3. The van der Waals surface area contributed by atoms with Crippen LogP contribution in [-0.4, -0.2) is 36.1 Å². The maximum atomic E-state index is 4.44. The predicted molar refractivity (Wildman–Crippen MR) is 80.6 cm³/mol. The molecule has 20 heavy (non-hydrogen) atoms. The number of benzene rings is 1. The number of hydrogen-bond acceptors (Lipinski definition) is 4. The minimum absolute atomic E-state index is 0.358. The molecule has 0 bridgehead atoms. The number of hydrogen-bond donors (Lipinski definition) is 3. The number of aromatic amines is 1. The Morgan fingerprint density at radius 1 is 1.35 bits per heavy atom. The molecule has 2 aliphatic rings. The molecule has 5 heteroatoms. The molecule has 4 rings (SSSR count). The molecule has 5 nitrogen and oxygen atoms in total. The second-order valence-electron chi connectivity index (χ2n) is 5.47. The van der Waals surface area contributed by atoms with Gasteiger partial charge >= 0.3 is 0 Å². The van der Waals surface area contributed by atoms with Gasteiger partial charge in [-0.05, 0) is 24.5 Å². The predicted octanol–water partition coefficient (Wildman–Crippen LogP) is 1.55. The second-order valence-corrected chi connectivity index (χ2v) is 5.47. The number of H-pyrrole nitrogens is 1. The lowest BCUT2D eigenvalue weighted by Crippen LogP contribution is -2.46. The standard InChI is InChI=1S/C15H19N5/c1-20(15-16-8-9-17-15)19-13-7-6-12-14(13)10-4-2-3-5-11(10)18-12/h2-5,13,18-19H,6-9H2,1H3,(H,16,17). The van der Waals surface area contributed by atoms with Gasteiger partial charge in [0, 0.05) is 30.2 Å². The summed E-state index contributed by atoms with van der Waals surface area (Å²) in [6.45, 7) is 1.80. The first kappa shape index (κ1) is 11.8. The lowest BCUT2D eigenvalue weighted by Gasteiger charge is -2.25. The van der Waals surface area contributed by atoms with Crippen molar-refractivity contribution in [3.8, 4) is 0 Å². The normalized spacial score (nSPS) is 20.9. The van der Waals surface area contributed by atoms with E-state index in [4.69, 9.17) is 0 Å². The minimum Gasteiger partial charge on any atom is -0.358 e. The first-order valence-electron chi connectivity index (χ1n) is 7.20. The Balaban J connectivity index is 1.63. The molecule has 1 aromatic carbocycles. The van der Waals surface area contributed by atoms with Crippen LogP contribution >= 0.6 is 0 Å². The third-order valence-electron chi connectivity index (χ3n) is 4.18. The number of hydrazine groups is 1. The van der Waals surface area contributed by atoms with E-state index in [9.17, 15) is 0 Å². The summed E-state index contributed by atoms with van der Waals surface area (Å²) in [5.74, 6) is 0.943. The molecule has 1 aliphatic heterocycles. The van der Waals surface area contributed by atoms with Crippen LogP contribution in [0.1, 0.15) is 23.7 Å². The molecule has 0 saturated carbocycles. The molecular formula is C15H19N5. The summed E-state index contributed by atoms with van der Waals surface area (Å²) in [5.41, 5.74) is 7.61. The third kappa shape index (κ3) is 1.78. The van der Waals surface area contributed by atoms with Gasteiger partial charge in [-0.3, -0.25) is 10.0 Å². The maximum absolute atomic E-state index is 4.44. The SMILES string of the molecule is CN(NC1CCc2[nH]c3ccccc3c21)C1=NCCN1. The van der Waals surface area contributed by atoms with Crippen LogP contribution < -0.4 is 10.7 Å². The fourth-order valence-electron chi connectivity index (χ4n) is 3.28. The van der Waals surface area contributed by atoms with Gasteiger partial charge in [-0.15, -0.1) is 0 Å². The summed E-state index contributed by atoms with van der Waals surface area (Å²) in [5, 5.41) is 6.65. The third-order valence-corrected chi connectivity index (χ3v) is 4.18. The van der Waals surface area contributed by atoms with Crippen molar-refractivity contribution >= 4 is 16.9 Å². The van der Waals surface area contributed by atoms with Gasteiger partial charge in [0.25, 0.3) is 0 Å². The van der Waals surface area contributed by atoms with Crippen molar-refractivity contribution in [2.45, 2.75) is 18.9 Å². The number of para-hydroxylation sites is 1. The van der Waals surface area contributed by atoms with Crippen LogP contribution in [0, 0.1) is 0 Å². The van der Waals surface area contributed by atoms with Gasteiger partial charge in [0.15, 0.2) is 0 Å². The van der Waals surface area contributed by atoms with Crippen molar-refractivity contribution in [1.29, 1.82) is 0 Å². The molecule has 3 N–H and O–H groups in total. The highest BCUT2D eigenvalue weighted by Gasteiger charge is 2.28. The lowest BCUT2D eigenvalue weighted by molar-refractivity contribution is 0.299. The van der Waals surface area contributed by atoms with Crippen molar-refractivity contribution in [1.82, 2.24) is 20.7 Å². The Morgan fingerprint density at radius 3 is 3.10 bits per heavy atom. The van der Waals surface area contributed by atoms with Crippen molar-refractivity contribution in [3.63, 3.8) is 0 Å². The van der Waals surface area contributed by atoms with Crippen molar-refractivity contribution in [2.75, 3.05) is 20.1 Å². The van der Waals surface area contributed by atoms with E-state index in [2.05, 4.69) is 45.0 Å². The fraction of sp³-hybridized carbons (Fsp3) is 0.400.